The van der Waals surface area contributed by atoms with Gasteiger partial charge in [0.25, 0.3) is 0 Å². The zero-order valence-corrected chi connectivity index (χ0v) is 17.9. The van der Waals surface area contributed by atoms with Crippen LogP contribution < -0.4 is 5.32 Å². The maximum Gasteiger partial charge on any atom is 0.177 e. The number of nitrogens with one attached hydrogen (secondary N) is 1. The van der Waals surface area contributed by atoms with Crippen LogP contribution in [0.5, 0.6) is 0 Å². The molecule has 0 heterocycles. The lowest BCUT2D eigenvalue weighted by molar-refractivity contribution is -0.150. The summed E-state index contributed by atoms with van der Waals surface area (Å²) in [5.74, 6) is 0.210. The van der Waals surface area contributed by atoms with Crippen molar-refractivity contribution >= 4 is 25.4 Å². The summed E-state index contributed by atoms with van der Waals surface area (Å²) in [7, 11) is -5.37. The zero-order chi connectivity index (χ0) is 19.9. The smallest absolute Gasteiger partial charge is 0.177 e. The highest BCUT2D eigenvalue weighted by atomic mass is 32.2. The van der Waals surface area contributed by atoms with E-state index >= 15 is 0 Å². The monoisotopic (exact) mass is 403 g/mol. The molecule has 0 unspecified atom stereocenters. The van der Waals surface area contributed by atoms with E-state index in [4.69, 9.17) is 4.74 Å². The van der Waals surface area contributed by atoms with E-state index in [9.17, 15) is 16.8 Å². The summed E-state index contributed by atoms with van der Waals surface area (Å²) in [4.78, 5) is 0.00625. The Hall–Kier alpha value is -1.12. The largest absolute Gasteiger partial charge is 0.380 e. The Kier molecular flexibility index (Phi) is 5.81. The number of hydrogen-bond acceptors (Lipinski definition) is 6. The fourth-order valence-electron chi connectivity index (χ4n) is 4.42. The summed E-state index contributed by atoms with van der Waals surface area (Å²) in [6, 6.07) is 4.29. The Morgan fingerprint density at radius 2 is 1.65 bits per heavy atom. The van der Waals surface area contributed by atoms with Crippen molar-refractivity contribution in [1.29, 1.82) is 0 Å². The first kappa shape index (κ1) is 21.2. The topological polar surface area (TPSA) is 89.5 Å². The third kappa shape index (κ3) is 3.51. The maximum absolute atomic E-state index is 12.3. The summed E-state index contributed by atoms with van der Waals surface area (Å²) in [6.07, 6.45) is 4.07. The molecule has 2 rings (SSSR count). The molecule has 1 aliphatic carbocycles. The van der Waals surface area contributed by atoms with Gasteiger partial charge in [-0.3, -0.25) is 0 Å². The normalized spacial score (nSPS) is 25.5. The summed E-state index contributed by atoms with van der Waals surface area (Å²) in [5, 5.41) is 3.39. The van der Waals surface area contributed by atoms with Crippen LogP contribution in [0.2, 0.25) is 0 Å². The van der Waals surface area contributed by atoms with Crippen molar-refractivity contribution in [2.45, 2.75) is 55.5 Å². The number of anilines is 1. The molecule has 0 radical (unpaired) electrons. The first-order chi connectivity index (χ1) is 11.9. The highest BCUT2D eigenvalue weighted by molar-refractivity contribution is 7.91. The van der Waals surface area contributed by atoms with Gasteiger partial charge in [-0.2, -0.15) is 0 Å². The first-order valence-corrected chi connectivity index (χ1v) is 12.5. The minimum atomic E-state index is -3.59. The molecular formula is C18H29NO5S2. The molecule has 1 aromatic carbocycles. The average molecular weight is 404 g/mol. The van der Waals surface area contributed by atoms with Crippen molar-refractivity contribution in [3.63, 3.8) is 0 Å². The third-order valence-electron chi connectivity index (χ3n) is 5.85. The lowest BCUT2D eigenvalue weighted by Crippen LogP contribution is -2.66. The quantitative estimate of drug-likeness (QED) is 0.753. The molecule has 0 aliphatic heterocycles. The van der Waals surface area contributed by atoms with E-state index in [-0.39, 0.29) is 33.3 Å². The van der Waals surface area contributed by atoms with Gasteiger partial charge in [0.05, 0.1) is 21.6 Å². The third-order valence-corrected chi connectivity index (χ3v) is 8.10. The van der Waals surface area contributed by atoms with Crippen LogP contribution in [0.3, 0.4) is 0 Å². The number of hydrogen-bond donors (Lipinski definition) is 1. The molecule has 3 atom stereocenters. The van der Waals surface area contributed by atoms with E-state index in [1.807, 2.05) is 0 Å². The fraction of sp³-hybridized carbons (Fsp3) is 0.667. The molecule has 1 N–H and O–H groups in total. The molecule has 1 aliphatic rings. The van der Waals surface area contributed by atoms with Gasteiger partial charge < -0.3 is 10.1 Å². The SMILES string of the molecule is CCC1(CC)[C@H](Nc2ccc(S(C)(=O)=O)cc2S(C)(=O)=O)[C@H](C)[C@H]1OC. The van der Waals surface area contributed by atoms with Gasteiger partial charge in [-0.15, -0.1) is 0 Å². The molecule has 6 nitrogen and oxygen atoms in total. The molecule has 1 aromatic rings. The number of ether oxygens (including phenoxy) is 1. The van der Waals surface area contributed by atoms with Crippen molar-refractivity contribution in [2.75, 3.05) is 24.9 Å². The lowest BCUT2D eigenvalue weighted by atomic mass is 9.53. The van der Waals surface area contributed by atoms with E-state index in [0.29, 0.717) is 5.69 Å². The van der Waals surface area contributed by atoms with Gasteiger partial charge in [0.2, 0.25) is 0 Å². The van der Waals surface area contributed by atoms with Crippen LogP contribution in [0.25, 0.3) is 0 Å². The highest BCUT2D eigenvalue weighted by Crippen LogP contribution is 2.53. The fourth-order valence-corrected chi connectivity index (χ4v) is 6.01. The maximum atomic E-state index is 12.3. The van der Waals surface area contributed by atoms with E-state index in [0.717, 1.165) is 25.4 Å². The van der Waals surface area contributed by atoms with Gasteiger partial charge in [0.1, 0.15) is 0 Å². The average Bonchev–Trinajstić information content (AvgIpc) is 2.55. The Morgan fingerprint density at radius 3 is 2.08 bits per heavy atom. The Morgan fingerprint density at radius 1 is 1.08 bits per heavy atom. The van der Waals surface area contributed by atoms with E-state index in [2.05, 4.69) is 26.1 Å². The summed E-state index contributed by atoms with van der Waals surface area (Å²) >= 11 is 0. The van der Waals surface area contributed by atoms with Gasteiger partial charge in [-0.25, -0.2) is 16.8 Å². The number of methoxy groups -OCH3 is 1. The van der Waals surface area contributed by atoms with Gasteiger partial charge in [0, 0.05) is 37.0 Å². The van der Waals surface area contributed by atoms with Gasteiger partial charge in [-0.05, 0) is 31.0 Å². The van der Waals surface area contributed by atoms with Crippen molar-refractivity contribution in [1.82, 2.24) is 0 Å². The summed E-state index contributed by atoms with van der Waals surface area (Å²) in [6.45, 7) is 6.31. The molecule has 0 bridgehead atoms. The standard InChI is InChI=1S/C18H29NO5S2/c1-7-18(8-2)16(12(3)17(18)24-4)19-14-10-9-13(25(5,20)21)11-15(14)26(6,22)23/h9-12,16-17,19H,7-8H2,1-6H3/t12-,16+,17+/m0/s1. The molecule has 0 aromatic heterocycles. The van der Waals surface area contributed by atoms with Gasteiger partial charge in [-0.1, -0.05) is 20.8 Å². The van der Waals surface area contributed by atoms with Crippen LogP contribution in [0.15, 0.2) is 28.0 Å². The Balaban J connectivity index is 2.50. The number of rotatable bonds is 7. The van der Waals surface area contributed by atoms with Crippen LogP contribution in [0.4, 0.5) is 5.69 Å². The predicted molar refractivity (Wildman–Crippen MR) is 103 cm³/mol. The minimum absolute atomic E-state index is 0.00264. The van der Waals surface area contributed by atoms with Crippen LogP contribution in [0.1, 0.15) is 33.6 Å². The Labute approximate surface area is 157 Å². The van der Waals surface area contributed by atoms with Crippen LogP contribution in [-0.2, 0) is 24.4 Å². The van der Waals surface area contributed by atoms with E-state index < -0.39 is 19.7 Å². The lowest BCUT2D eigenvalue weighted by Gasteiger charge is -2.60. The zero-order valence-electron chi connectivity index (χ0n) is 16.2. The van der Waals surface area contributed by atoms with Crippen LogP contribution >= 0.6 is 0 Å². The van der Waals surface area contributed by atoms with Crippen LogP contribution in [0, 0.1) is 11.3 Å². The molecule has 0 spiro atoms. The van der Waals surface area contributed by atoms with Crippen molar-refractivity contribution < 1.29 is 21.6 Å². The number of benzene rings is 1. The molecule has 26 heavy (non-hydrogen) atoms. The van der Waals surface area contributed by atoms with E-state index in [1.54, 1.807) is 13.2 Å². The first-order valence-electron chi connectivity index (χ1n) is 8.75. The molecule has 0 amide bonds. The molecule has 148 valence electrons. The summed E-state index contributed by atoms with van der Waals surface area (Å²) in [5.41, 5.74) is 0.357. The van der Waals surface area contributed by atoms with Crippen molar-refractivity contribution in [2.24, 2.45) is 11.3 Å². The second kappa shape index (κ2) is 7.13. The second-order valence-electron chi connectivity index (χ2n) is 7.28. The van der Waals surface area contributed by atoms with Gasteiger partial charge in [0.15, 0.2) is 19.7 Å². The molecule has 1 saturated carbocycles. The predicted octanol–water partition coefficient (Wildman–Crippen LogP) is 2.75. The van der Waals surface area contributed by atoms with Crippen LogP contribution in [-0.4, -0.2) is 48.6 Å². The molecule has 1 fully saturated rings. The molecular weight excluding hydrogens is 374 g/mol. The van der Waals surface area contributed by atoms with Gasteiger partial charge >= 0.3 is 0 Å². The van der Waals surface area contributed by atoms with Crippen molar-refractivity contribution in [3.8, 4) is 0 Å². The Bertz CT molecular complexity index is 873. The minimum Gasteiger partial charge on any atom is -0.380 e. The summed E-state index contributed by atoms with van der Waals surface area (Å²) < 4.78 is 53.8. The van der Waals surface area contributed by atoms with E-state index in [1.165, 1.54) is 12.1 Å². The second-order valence-corrected chi connectivity index (χ2v) is 11.3. The highest BCUT2D eigenvalue weighted by Gasteiger charge is 2.58. The van der Waals surface area contributed by atoms with Crippen molar-refractivity contribution in [3.05, 3.63) is 18.2 Å². The molecule has 0 saturated heterocycles. The number of sulfone groups is 2. The molecule has 8 heteroatoms.